The van der Waals surface area contributed by atoms with Gasteiger partial charge in [0.1, 0.15) is 5.75 Å². The standard InChI is InChI=1S/C14H14N2O3/c1-3-7-16-13(9-12(15-16)14(17)18)10-5-4-6-11(8-10)19-2/h3-6,8-9H,1,7H2,2H3,(H,17,18). The Hall–Kier alpha value is -2.56. The van der Waals surface area contributed by atoms with Gasteiger partial charge in [-0.25, -0.2) is 4.79 Å². The van der Waals surface area contributed by atoms with E-state index in [1.165, 1.54) is 0 Å². The summed E-state index contributed by atoms with van der Waals surface area (Å²) in [7, 11) is 1.59. The second-order valence-corrected chi connectivity index (χ2v) is 3.92. The normalized spacial score (nSPS) is 10.2. The van der Waals surface area contributed by atoms with Crippen molar-refractivity contribution in [1.29, 1.82) is 0 Å². The van der Waals surface area contributed by atoms with Gasteiger partial charge in [0.15, 0.2) is 5.69 Å². The molecule has 0 unspecified atom stereocenters. The zero-order valence-electron chi connectivity index (χ0n) is 10.5. The molecule has 0 saturated carbocycles. The van der Waals surface area contributed by atoms with Gasteiger partial charge in [0.05, 0.1) is 19.3 Å². The van der Waals surface area contributed by atoms with Crippen molar-refractivity contribution in [1.82, 2.24) is 9.78 Å². The quantitative estimate of drug-likeness (QED) is 0.836. The summed E-state index contributed by atoms with van der Waals surface area (Å²) in [4.78, 5) is 11.0. The number of nitrogens with zero attached hydrogens (tertiary/aromatic N) is 2. The van der Waals surface area contributed by atoms with Crippen molar-refractivity contribution in [2.45, 2.75) is 6.54 Å². The monoisotopic (exact) mass is 258 g/mol. The molecule has 1 aromatic heterocycles. The second-order valence-electron chi connectivity index (χ2n) is 3.92. The first-order chi connectivity index (χ1) is 9.15. The van der Waals surface area contributed by atoms with E-state index in [2.05, 4.69) is 11.7 Å². The van der Waals surface area contributed by atoms with Crippen LogP contribution >= 0.6 is 0 Å². The summed E-state index contributed by atoms with van der Waals surface area (Å²) >= 11 is 0. The fraction of sp³-hybridized carbons (Fsp3) is 0.143. The SMILES string of the molecule is C=CCn1nc(C(=O)O)cc1-c1cccc(OC)c1. The minimum atomic E-state index is -1.05. The molecule has 0 aliphatic carbocycles. The molecule has 2 aromatic rings. The summed E-state index contributed by atoms with van der Waals surface area (Å²) in [5, 5.41) is 13.0. The Balaban J connectivity index is 2.52. The lowest BCUT2D eigenvalue weighted by Crippen LogP contribution is -2.03. The number of hydrogen-bond acceptors (Lipinski definition) is 3. The molecule has 5 nitrogen and oxygen atoms in total. The van der Waals surface area contributed by atoms with E-state index in [4.69, 9.17) is 9.84 Å². The van der Waals surface area contributed by atoms with Gasteiger partial charge in [0, 0.05) is 5.56 Å². The number of allylic oxidation sites excluding steroid dienone is 1. The Labute approximate surface area is 110 Å². The number of hydrogen-bond donors (Lipinski definition) is 1. The molecule has 0 aliphatic heterocycles. The van der Waals surface area contributed by atoms with E-state index in [0.29, 0.717) is 12.3 Å². The molecule has 1 aromatic carbocycles. The number of benzene rings is 1. The molecule has 5 heteroatoms. The predicted octanol–water partition coefficient (Wildman–Crippen LogP) is 2.44. The molecule has 0 radical (unpaired) electrons. The van der Waals surface area contributed by atoms with Gasteiger partial charge in [-0.15, -0.1) is 6.58 Å². The third-order valence-electron chi connectivity index (χ3n) is 2.67. The Morgan fingerprint density at radius 1 is 1.53 bits per heavy atom. The zero-order chi connectivity index (χ0) is 13.8. The molecule has 2 rings (SSSR count). The van der Waals surface area contributed by atoms with E-state index in [1.807, 2.05) is 24.3 Å². The summed E-state index contributed by atoms with van der Waals surface area (Å²) in [6.45, 7) is 4.09. The van der Waals surface area contributed by atoms with E-state index in [9.17, 15) is 4.79 Å². The largest absolute Gasteiger partial charge is 0.497 e. The number of aromatic nitrogens is 2. The van der Waals surface area contributed by atoms with Crippen LogP contribution in [0.2, 0.25) is 0 Å². The average Bonchev–Trinajstić information content (AvgIpc) is 2.83. The lowest BCUT2D eigenvalue weighted by atomic mass is 10.1. The maximum Gasteiger partial charge on any atom is 0.356 e. The van der Waals surface area contributed by atoms with Crippen LogP contribution in [-0.2, 0) is 6.54 Å². The van der Waals surface area contributed by atoms with E-state index in [1.54, 1.807) is 23.9 Å². The number of carbonyl (C=O) groups is 1. The summed E-state index contributed by atoms with van der Waals surface area (Å²) in [5.74, 6) is -0.340. The summed E-state index contributed by atoms with van der Waals surface area (Å²) in [6.07, 6.45) is 1.67. The molecule has 19 heavy (non-hydrogen) atoms. The fourth-order valence-corrected chi connectivity index (χ4v) is 1.80. The van der Waals surface area contributed by atoms with Crippen molar-refractivity contribution in [2.24, 2.45) is 0 Å². The third-order valence-corrected chi connectivity index (χ3v) is 2.67. The highest BCUT2D eigenvalue weighted by Crippen LogP contribution is 2.24. The third kappa shape index (κ3) is 2.65. The summed E-state index contributed by atoms with van der Waals surface area (Å²) in [5.41, 5.74) is 1.58. The summed E-state index contributed by atoms with van der Waals surface area (Å²) in [6, 6.07) is 8.93. The van der Waals surface area contributed by atoms with Gasteiger partial charge in [-0.3, -0.25) is 4.68 Å². The Bertz CT molecular complexity index is 617. The first kappa shape index (κ1) is 12.9. The molecule has 0 spiro atoms. The highest BCUT2D eigenvalue weighted by molar-refractivity contribution is 5.87. The number of rotatable bonds is 5. The minimum Gasteiger partial charge on any atom is -0.497 e. The molecule has 0 atom stereocenters. The molecule has 1 heterocycles. The van der Waals surface area contributed by atoms with Gasteiger partial charge >= 0.3 is 5.97 Å². The molecule has 0 saturated heterocycles. The molecular formula is C14H14N2O3. The number of methoxy groups -OCH3 is 1. The van der Waals surface area contributed by atoms with Crippen LogP contribution in [0.5, 0.6) is 5.75 Å². The molecule has 0 bridgehead atoms. The zero-order valence-corrected chi connectivity index (χ0v) is 10.5. The van der Waals surface area contributed by atoms with Crippen molar-refractivity contribution >= 4 is 5.97 Å². The van der Waals surface area contributed by atoms with Crippen LogP contribution in [0, 0.1) is 0 Å². The minimum absolute atomic E-state index is 0.0136. The first-order valence-electron chi connectivity index (χ1n) is 5.72. The van der Waals surface area contributed by atoms with Crippen molar-refractivity contribution in [3.63, 3.8) is 0 Å². The van der Waals surface area contributed by atoms with Crippen LogP contribution in [0.3, 0.4) is 0 Å². The highest BCUT2D eigenvalue weighted by atomic mass is 16.5. The van der Waals surface area contributed by atoms with Gasteiger partial charge in [-0.1, -0.05) is 18.2 Å². The molecular weight excluding hydrogens is 244 g/mol. The first-order valence-corrected chi connectivity index (χ1v) is 5.72. The number of ether oxygens (including phenoxy) is 1. The van der Waals surface area contributed by atoms with Crippen LogP contribution in [0.4, 0.5) is 0 Å². The van der Waals surface area contributed by atoms with Gasteiger partial charge in [0.25, 0.3) is 0 Å². The Morgan fingerprint density at radius 2 is 2.32 bits per heavy atom. The van der Waals surface area contributed by atoms with Crippen LogP contribution in [-0.4, -0.2) is 28.0 Å². The molecule has 0 amide bonds. The number of aromatic carboxylic acids is 1. The Morgan fingerprint density at radius 3 is 2.95 bits per heavy atom. The van der Waals surface area contributed by atoms with Crippen molar-refractivity contribution < 1.29 is 14.6 Å². The lowest BCUT2D eigenvalue weighted by molar-refractivity contribution is 0.0689. The predicted molar refractivity (Wildman–Crippen MR) is 71.4 cm³/mol. The molecule has 0 aliphatic rings. The van der Waals surface area contributed by atoms with E-state index in [0.717, 1.165) is 11.3 Å². The van der Waals surface area contributed by atoms with E-state index in [-0.39, 0.29) is 5.69 Å². The van der Waals surface area contributed by atoms with Crippen LogP contribution in [0.25, 0.3) is 11.3 Å². The van der Waals surface area contributed by atoms with Crippen LogP contribution < -0.4 is 4.74 Å². The second kappa shape index (κ2) is 5.39. The van der Waals surface area contributed by atoms with Crippen molar-refractivity contribution in [3.05, 3.63) is 48.7 Å². The van der Waals surface area contributed by atoms with E-state index < -0.39 is 5.97 Å². The lowest BCUT2D eigenvalue weighted by Gasteiger charge is -2.06. The van der Waals surface area contributed by atoms with Crippen LogP contribution in [0.15, 0.2) is 43.0 Å². The maximum atomic E-state index is 11.0. The Kier molecular flexibility index (Phi) is 3.66. The smallest absolute Gasteiger partial charge is 0.356 e. The number of carboxylic acids is 1. The van der Waals surface area contributed by atoms with E-state index >= 15 is 0 Å². The fourth-order valence-electron chi connectivity index (χ4n) is 1.80. The van der Waals surface area contributed by atoms with Gasteiger partial charge in [-0.2, -0.15) is 5.10 Å². The molecule has 1 N–H and O–H groups in total. The van der Waals surface area contributed by atoms with Gasteiger partial charge < -0.3 is 9.84 Å². The topological polar surface area (TPSA) is 64.4 Å². The summed E-state index contributed by atoms with van der Waals surface area (Å²) < 4.78 is 6.77. The molecule has 98 valence electrons. The van der Waals surface area contributed by atoms with Crippen molar-refractivity contribution in [3.8, 4) is 17.0 Å². The maximum absolute atomic E-state index is 11.0. The van der Waals surface area contributed by atoms with Crippen LogP contribution in [0.1, 0.15) is 10.5 Å². The van der Waals surface area contributed by atoms with Crippen molar-refractivity contribution in [2.75, 3.05) is 7.11 Å². The van der Waals surface area contributed by atoms with Gasteiger partial charge in [-0.05, 0) is 18.2 Å². The average molecular weight is 258 g/mol. The highest BCUT2D eigenvalue weighted by Gasteiger charge is 2.14. The number of carboxylic acid groups (broad SMARTS) is 1. The molecule has 0 fully saturated rings. The van der Waals surface area contributed by atoms with Gasteiger partial charge in [0.2, 0.25) is 0 Å².